The van der Waals surface area contributed by atoms with Crippen LogP contribution in [-0.4, -0.2) is 12.2 Å². The molecule has 1 rings (SSSR count). The van der Waals surface area contributed by atoms with Crippen LogP contribution < -0.4 is 5.32 Å². The van der Waals surface area contributed by atoms with Crippen LogP contribution in [0.1, 0.15) is 0 Å². The highest BCUT2D eigenvalue weighted by Gasteiger charge is 1.93. The zero-order valence-electron chi connectivity index (χ0n) is 5.56. The van der Waals surface area contributed by atoms with Gasteiger partial charge in [0.25, 0.3) is 0 Å². The third-order valence-electron chi connectivity index (χ3n) is 1.17. The van der Waals surface area contributed by atoms with Crippen LogP contribution in [0.15, 0.2) is 22.7 Å². The standard InChI is InChI=1S/C7H8BrNO/c1-9-6-2-5(8)3-7(10)4-6/h2-4,9-10H,1H3. The van der Waals surface area contributed by atoms with Crippen molar-refractivity contribution in [3.05, 3.63) is 22.7 Å². The first-order valence-corrected chi connectivity index (χ1v) is 3.69. The van der Waals surface area contributed by atoms with Crippen LogP contribution in [0.5, 0.6) is 5.75 Å². The van der Waals surface area contributed by atoms with Crippen molar-refractivity contribution >= 4 is 21.6 Å². The summed E-state index contributed by atoms with van der Waals surface area (Å²) in [5.41, 5.74) is 0.895. The molecule has 0 radical (unpaired) electrons. The molecule has 0 amide bonds. The van der Waals surface area contributed by atoms with Crippen molar-refractivity contribution in [2.75, 3.05) is 12.4 Å². The molecule has 1 aromatic rings. The summed E-state index contributed by atoms with van der Waals surface area (Å²) in [5.74, 6) is 0.263. The van der Waals surface area contributed by atoms with Crippen LogP contribution >= 0.6 is 15.9 Å². The molecular weight excluding hydrogens is 194 g/mol. The summed E-state index contributed by atoms with van der Waals surface area (Å²) in [5, 5.41) is 12.0. The summed E-state index contributed by atoms with van der Waals surface area (Å²) >= 11 is 3.25. The van der Waals surface area contributed by atoms with E-state index in [9.17, 15) is 0 Å². The van der Waals surface area contributed by atoms with E-state index in [4.69, 9.17) is 5.11 Å². The number of hydrogen-bond donors (Lipinski definition) is 2. The Labute approximate surface area is 68.0 Å². The van der Waals surface area contributed by atoms with Gasteiger partial charge in [-0.2, -0.15) is 0 Å². The average molecular weight is 202 g/mol. The molecule has 0 aliphatic carbocycles. The van der Waals surface area contributed by atoms with E-state index < -0.39 is 0 Å². The lowest BCUT2D eigenvalue weighted by Crippen LogP contribution is -1.86. The largest absolute Gasteiger partial charge is 0.508 e. The molecule has 0 bridgehead atoms. The van der Waals surface area contributed by atoms with Crippen molar-refractivity contribution in [3.63, 3.8) is 0 Å². The minimum absolute atomic E-state index is 0.263. The molecule has 0 heterocycles. The fourth-order valence-electron chi connectivity index (χ4n) is 0.718. The fraction of sp³-hybridized carbons (Fsp3) is 0.143. The van der Waals surface area contributed by atoms with Crippen molar-refractivity contribution in [1.82, 2.24) is 0 Å². The Balaban J connectivity index is 3.06. The molecule has 0 fully saturated rings. The number of hydrogen-bond acceptors (Lipinski definition) is 2. The Morgan fingerprint density at radius 2 is 2.10 bits per heavy atom. The van der Waals surface area contributed by atoms with Crippen LogP contribution in [0, 0.1) is 0 Å². The quantitative estimate of drug-likeness (QED) is 0.731. The van der Waals surface area contributed by atoms with Gasteiger partial charge in [0, 0.05) is 23.3 Å². The predicted octanol–water partition coefficient (Wildman–Crippen LogP) is 2.20. The van der Waals surface area contributed by atoms with Crippen LogP contribution in [0.3, 0.4) is 0 Å². The van der Waals surface area contributed by atoms with E-state index in [0.717, 1.165) is 10.2 Å². The highest BCUT2D eigenvalue weighted by Crippen LogP contribution is 2.22. The molecular formula is C7H8BrNO. The van der Waals surface area contributed by atoms with Crippen LogP contribution in [0.25, 0.3) is 0 Å². The summed E-state index contributed by atoms with van der Waals surface area (Å²) < 4.78 is 0.872. The number of rotatable bonds is 1. The van der Waals surface area contributed by atoms with Crippen LogP contribution in [0.4, 0.5) is 5.69 Å². The van der Waals surface area contributed by atoms with Crippen molar-refractivity contribution in [1.29, 1.82) is 0 Å². The third kappa shape index (κ3) is 1.64. The van der Waals surface area contributed by atoms with Gasteiger partial charge < -0.3 is 10.4 Å². The second-order valence-electron chi connectivity index (χ2n) is 1.95. The van der Waals surface area contributed by atoms with Crippen molar-refractivity contribution < 1.29 is 5.11 Å². The van der Waals surface area contributed by atoms with Gasteiger partial charge in [-0.1, -0.05) is 15.9 Å². The van der Waals surface area contributed by atoms with Crippen molar-refractivity contribution in [3.8, 4) is 5.75 Å². The van der Waals surface area contributed by atoms with E-state index in [0.29, 0.717) is 0 Å². The Bertz CT molecular complexity index is 217. The second-order valence-corrected chi connectivity index (χ2v) is 2.86. The topological polar surface area (TPSA) is 32.3 Å². The number of nitrogens with one attached hydrogen (secondary N) is 1. The van der Waals surface area contributed by atoms with Gasteiger partial charge in [-0.3, -0.25) is 0 Å². The molecule has 0 unspecified atom stereocenters. The van der Waals surface area contributed by atoms with E-state index in [1.165, 1.54) is 0 Å². The van der Waals surface area contributed by atoms with Crippen molar-refractivity contribution in [2.45, 2.75) is 0 Å². The zero-order valence-corrected chi connectivity index (χ0v) is 7.14. The van der Waals surface area contributed by atoms with Gasteiger partial charge >= 0.3 is 0 Å². The molecule has 1 aromatic carbocycles. The molecule has 0 aliphatic heterocycles. The van der Waals surface area contributed by atoms with Gasteiger partial charge in [0.1, 0.15) is 5.75 Å². The lowest BCUT2D eigenvalue weighted by Gasteiger charge is -2.00. The Kier molecular flexibility index (Phi) is 2.17. The number of halogens is 1. The van der Waals surface area contributed by atoms with Gasteiger partial charge in [-0.25, -0.2) is 0 Å². The van der Waals surface area contributed by atoms with Gasteiger partial charge in [-0.05, 0) is 12.1 Å². The summed E-state index contributed by atoms with van der Waals surface area (Å²) in [6, 6.07) is 5.19. The maximum absolute atomic E-state index is 9.06. The number of aromatic hydroxyl groups is 1. The molecule has 0 aliphatic rings. The predicted molar refractivity (Wildman–Crippen MR) is 45.4 cm³/mol. The lowest BCUT2D eigenvalue weighted by atomic mass is 10.3. The Morgan fingerprint density at radius 1 is 1.40 bits per heavy atom. The molecule has 2 nitrogen and oxygen atoms in total. The molecule has 54 valence electrons. The van der Waals surface area contributed by atoms with Crippen LogP contribution in [0.2, 0.25) is 0 Å². The lowest BCUT2D eigenvalue weighted by molar-refractivity contribution is 0.475. The molecule has 10 heavy (non-hydrogen) atoms. The first-order valence-electron chi connectivity index (χ1n) is 2.89. The number of benzene rings is 1. The zero-order chi connectivity index (χ0) is 7.56. The minimum atomic E-state index is 0.263. The first-order chi connectivity index (χ1) is 4.72. The first kappa shape index (κ1) is 7.41. The fourth-order valence-corrected chi connectivity index (χ4v) is 1.20. The molecule has 0 aromatic heterocycles. The van der Waals surface area contributed by atoms with Gasteiger partial charge in [0.15, 0.2) is 0 Å². The average Bonchev–Trinajstić information content (AvgIpc) is 1.85. The molecule has 0 atom stereocenters. The minimum Gasteiger partial charge on any atom is -0.508 e. The SMILES string of the molecule is CNc1cc(O)cc(Br)c1. The molecule has 0 saturated heterocycles. The van der Waals surface area contributed by atoms with Gasteiger partial charge in [-0.15, -0.1) is 0 Å². The summed E-state index contributed by atoms with van der Waals surface area (Å²) in [4.78, 5) is 0. The summed E-state index contributed by atoms with van der Waals surface area (Å²) in [6.07, 6.45) is 0. The monoisotopic (exact) mass is 201 g/mol. The summed E-state index contributed by atoms with van der Waals surface area (Å²) in [7, 11) is 1.81. The van der Waals surface area contributed by atoms with Gasteiger partial charge in [0.2, 0.25) is 0 Å². The molecule has 0 saturated carbocycles. The van der Waals surface area contributed by atoms with Crippen LogP contribution in [-0.2, 0) is 0 Å². The normalized spacial score (nSPS) is 9.40. The molecule has 0 spiro atoms. The summed E-state index contributed by atoms with van der Waals surface area (Å²) in [6.45, 7) is 0. The van der Waals surface area contributed by atoms with E-state index in [1.807, 2.05) is 6.07 Å². The van der Waals surface area contributed by atoms with Crippen molar-refractivity contribution in [2.24, 2.45) is 0 Å². The number of phenolic OH excluding ortho intramolecular Hbond substituents is 1. The smallest absolute Gasteiger partial charge is 0.118 e. The number of phenols is 1. The number of anilines is 1. The Morgan fingerprint density at radius 3 is 2.60 bits per heavy atom. The van der Waals surface area contributed by atoms with E-state index in [2.05, 4.69) is 21.2 Å². The van der Waals surface area contributed by atoms with Gasteiger partial charge in [0.05, 0.1) is 0 Å². The van der Waals surface area contributed by atoms with E-state index in [1.54, 1.807) is 19.2 Å². The molecule has 2 N–H and O–H groups in total. The van der Waals surface area contributed by atoms with E-state index in [-0.39, 0.29) is 5.75 Å². The maximum atomic E-state index is 9.06. The maximum Gasteiger partial charge on any atom is 0.118 e. The second kappa shape index (κ2) is 2.92. The third-order valence-corrected chi connectivity index (χ3v) is 1.63. The Hall–Kier alpha value is -0.700. The molecule has 3 heteroatoms. The highest BCUT2D eigenvalue weighted by molar-refractivity contribution is 9.10. The highest BCUT2D eigenvalue weighted by atomic mass is 79.9. The van der Waals surface area contributed by atoms with E-state index >= 15 is 0 Å².